The van der Waals surface area contributed by atoms with Crippen molar-refractivity contribution in [3.05, 3.63) is 41.7 Å². The first-order valence-corrected chi connectivity index (χ1v) is 6.20. The third-order valence-electron chi connectivity index (χ3n) is 2.87. The van der Waals surface area contributed by atoms with Crippen LogP contribution in [0.1, 0.15) is 15.9 Å². The van der Waals surface area contributed by atoms with Crippen LogP contribution < -0.4 is 5.32 Å². The minimum Gasteiger partial charge on any atom is -0.508 e. The number of carbonyl (C=O) groups excluding carboxylic acids is 2. The highest BCUT2D eigenvalue weighted by molar-refractivity contribution is 6.04. The van der Waals surface area contributed by atoms with E-state index >= 15 is 0 Å². The summed E-state index contributed by atoms with van der Waals surface area (Å²) in [5, 5.41) is 16.0. The van der Waals surface area contributed by atoms with Gasteiger partial charge in [0.05, 0.1) is 19.0 Å². The van der Waals surface area contributed by atoms with Crippen LogP contribution >= 0.6 is 0 Å². The number of phenolic OH excluding ortho intramolecular Hbond substituents is 1. The molecule has 0 saturated carbocycles. The Balaban J connectivity index is 2.05. The van der Waals surface area contributed by atoms with Crippen molar-refractivity contribution in [1.29, 1.82) is 0 Å². The monoisotopic (exact) mass is 289 g/mol. The zero-order valence-electron chi connectivity index (χ0n) is 11.7. The molecule has 1 aromatic carbocycles. The molecule has 0 unspecified atom stereocenters. The van der Waals surface area contributed by atoms with Crippen LogP contribution in [-0.4, -0.2) is 33.9 Å². The summed E-state index contributed by atoms with van der Waals surface area (Å²) in [5.41, 5.74) is 1.50. The van der Waals surface area contributed by atoms with Gasteiger partial charge in [-0.05, 0) is 30.7 Å². The zero-order chi connectivity index (χ0) is 15.4. The van der Waals surface area contributed by atoms with Crippen molar-refractivity contribution in [1.82, 2.24) is 9.78 Å². The predicted octanol–water partition coefficient (Wildman–Crippen LogP) is 1.32. The Labute approximate surface area is 121 Å². The number of nitrogens with zero attached hydrogens (tertiary/aromatic N) is 2. The summed E-state index contributed by atoms with van der Waals surface area (Å²) >= 11 is 0. The topological polar surface area (TPSA) is 93.5 Å². The van der Waals surface area contributed by atoms with Crippen molar-refractivity contribution in [3.63, 3.8) is 0 Å². The molecular formula is C14H15N3O4. The molecule has 21 heavy (non-hydrogen) atoms. The molecule has 7 nitrogen and oxygen atoms in total. The lowest BCUT2D eigenvalue weighted by Crippen LogP contribution is -2.13. The molecule has 0 aliphatic carbocycles. The van der Waals surface area contributed by atoms with Crippen LogP contribution in [-0.2, 0) is 16.1 Å². The maximum atomic E-state index is 12.0. The summed E-state index contributed by atoms with van der Waals surface area (Å²) in [7, 11) is 1.29. The smallest absolute Gasteiger partial charge is 0.327 e. The van der Waals surface area contributed by atoms with E-state index < -0.39 is 5.97 Å². The number of carbonyl (C=O) groups is 2. The summed E-state index contributed by atoms with van der Waals surface area (Å²) in [6.07, 6.45) is 2.97. The fraction of sp³-hybridized carbons (Fsp3) is 0.214. The van der Waals surface area contributed by atoms with E-state index in [1.807, 2.05) is 0 Å². The van der Waals surface area contributed by atoms with Gasteiger partial charge in [-0.25, -0.2) is 0 Å². The number of benzene rings is 1. The van der Waals surface area contributed by atoms with E-state index in [1.54, 1.807) is 13.0 Å². The molecule has 1 aromatic heterocycles. The highest BCUT2D eigenvalue weighted by Crippen LogP contribution is 2.18. The van der Waals surface area contributed by atoms with Crippen LogP contribution in [0.25, 0.3) is 0 Å². The second-order valence-corrected chi connectivity index (χ2v) is 4.46. The maximum Gasteiger partial charge on any atom is 0.327 e. The SMILES string of the molecule is COC(=O)Cn1cc(NC(=O)c2ccc(O)c(C)c2)cn1. The lowest BCUT2D eigenvalue weighted by molar-refractivity contribution is -0.141. The lowest BCUT2D eigenvalue weighted by Gasteiger charge is -2.04. The highest BCUT2D eigenvalue weighted by atomic mass is 16.5. The number of anilines is 1. The average molecular weight is 289 g/mol. The molecule has 2 rings (SSSR count). The predicted molar refractivity (Wildman–Crippen MR) is 75.0 cm³/mol. The Morgan fingerprint density at radius 1 is 1.43 bits per heavy atom. The van der Waals surface area contributed by atoms with E-state index in [-0.39, 0.29) is 18.2 Å². The fourth-order valence-electron chi connectivity index (χ4n) is 1.71. The Hall–Kier alpha value is -2.83. The van der Waals surface area contributed by atoms with Gasteiger partial charge in [0.2, 0.25) is 0 Å². The van der Waals surface area contributed by atoms with Crippen molar-refractivity contribution < 1.29 is 19.4 Å². The number of aromatic nitrogens is 2. The number of aromatic hydroxyl groups is 1. The van der Waals surface area contributed by atoms with E-state index in [0.717, 1.165) is 0 Å². The first kappa shape index (κ1) is 14.6. The van der Waals surface area contributed by atoms with Crippen LogP contribution in [0, 0.1) is 6.92 Å². The molecule has 0 spiro atoms. The largest absolute Gasteiger partial charge is 0.508 e. The molecule has 0 saturated heterocycles. The second-order valence-electron chi connectivity index (χ2n) is 4.46. The molecule has 1 heterocycles. The summed E-state index contributed by atoms with van der Waals surface area (Å²) < 4.78 is 5.89. The van der Waals surface area contributed by atoms with Gasteiger partial charge in [0.25, 0.3) is 5.91 Å². The second kappa shape index (κ2) is 6.08. The number of esters is 1. The number of hydrogen-bond acceptors (Lipinski definition) is 5. The van der Waals surface area contributed by atoms with Crippen LogP contribution in [0.15, 0.2) is 30.6 Å². The van der Waals surface area contributed by atoms with Crippen LogP contribution in [0.2, 0.25) is 0 Å². The Kier molecular flexibility index (Phi) is 4.22. The minimum absolute atomic E-state index is 0.0231. The van der Waals surface area contributed by atoms with Crippen molar-refractivity contribution in [2.45, 2.75) is 13.5 Å². The highest BCUT2D eigenvalue weighted by Gasteiger charge is 2.10. The number of aryl methyl sites for hydroxylation is 1. The van der Waals surface area contributed by atoms with Gasteiger partial charge in [-0.3, -0.25) is 14.3 Å². The van der Waals surface area contributed by atoms with Crippen molar-refractivity contribution in [2.75, 3.05) is 12.4 Å². The number of phenols is 1. The van der Waals surface area contributed by atoms with Gasteiger partial charge >= 0.3 is 5.97 Å². The number of nitrogens with one attached hydrogen (secondary N) is 1. The van der Waals surface area contributed by atoms with E-state index in [1.165, 1.54) is 36.3 Å². The number of ether oxygens (including phenoxy) is 1. The van der Waals surface area contributed by atoms with Gasteiger partial charge in [0.15, 0.2) is 0 Å². The average Bonchev–Trinajstić information content (AvgIpc) is 2.88. The number of rotatable bonds is 4. The van der Waals surface area contributed by atoms with Crippen molar-refractivity contribution >= 4 is 17.6 Å². The van der Waals surface area contributed by atoms with E-state index in [0.29, 0.717) is 16.8 Å². The van der Waals surface area contributed by atoms with Gasteiger partial charge in [-0.1, -0.05) is 0 Å². The number of methoxy groups -OCH3 is 1. The van der Waals surface area contributed by atoms with Gasteiger partial charge < -0.3 is 15.2 Å². The molecule has 7 heteroatoms. The molecule has 0 aliphatic heterocycles. The summed E-state index contributed by atoms with van der Waals surface area (Å²) in [6.45, 7) is 1.69. The summed E-state index contributed by atoms with van der Waals surface area (Å²) in [6, 6.07) is 4.57. The molecule has 2 N–H and O–H groups in total. The lowest BCUT2D eigenvalue weighted by atomic mass is 10.1. The molecule has 1 amide bonds. The van der Waals surface area contributed by atoms with E-state index in [2.05, 4.69) is 15.2 Å². The van der Waals surface area contributed by atoms with E-state index in [9.17, 15) is 14.7 Å². The Bertz CT molecular complexity index is 679. The van der Waals surface area contributed by atoms with Crippen LogP contribution in [0.5, 0.6) is 5.75 Å². The molecule has 0 aliphatic rings. The molecule has 0 bridgehead atoms. The minimum atomic E-state index is -0.426. The van der Waals surface area contributed by atoms with Crippen LogP contribution in [0.3, 0.4) is 0 Å². The third-order valence-corrected chi connectivity index (χ3v) is 2.87. The standard InChI is InChI=1S/C14H15N3O4/c1-9-5-10(3-4-12(9)18)14(20)16-11-6-15-17(7-11)8-13(19)21-2/h3-7,18H,8H2,1-2H3,(H,16,20). The Morgan fingerprint density at radius 3 is 2.86 bits per heavy atom. The van der Waals surface area contributed by atoms with Gasteiger partial charge in [0.1, 0.15) is 12.3 Å². The normalized spacial score (nSPS) is 10.2. The first-order chi connectivity index (χ1) is 9.99. The summed E-state index contributed by atoms with van der Waals surface area (Å²) in [5.74, 6) is -0.613. The molecule has 0 atom stereocenters. The fourth-order valence-corrected chi connectivity index (χ4v) is 1.71. The number of hydrogen-bond donors (Lipinski definition) is 2. The van der Waals surface area contributed by atoms with Crippen LogP contribution in [0.4, 0.5) is 5.69 Å². The molecular weight excluding hydrogens is 274 g/mol. The van der Waals surface area contributed by atoms with Crippen molar-refractivity contribution in [3.8, 4) is 5.75 Å². The summed E-state index contributed by atoms with van der Waals surface area (Å²) in [4.78, 5) is 23.2. The van der Waals surface area contributed by atoms with Gasteiger partial charge in [-0.15, -0.1) is 0 Å². The maximum absolute atomic E-state index is 12.0. The Morgan fingerprint density at radius 2 is 2.19 bits per heavy atom. The number of amides is 1. The van der Waals surface area contributed by atoms with E-state index in [4.69, 9.17) is 0 Å². The zero-order valence-corrected chi connectivity index (χ0v) is 11.7. The first-order valence-electron chi connectivity index (χ1n) is 6.20. The van der Waals surface area contributed by atoms with Gasteiger partial charge in [0, 0.05) is 11.8 Å². The third kappa shape index (κ3) is 3.59. The molecule has 0 radical (unpaired) electrons. The molecule has 2 aromatic rings. The van der Waals surface area contributed by atoms with Crippen molar-refractivity contribution in [2.24, 2.45) is 0 Å². The molecule has 0 fully saturated rings. The van der Waals surface area contributed by atoms with Gasteiger partial charge in [-0.2, -0.15) is 5.10 Å². The molecule has 110 valence electrons. The quantitative estimate of drug-likeness (QED) is 0.828.